The molecule has 0 bridgehead atoms. The van der Waals surface area contributed by atoms with Gasteiger partial charge in [0.2, 0.25) is 15.9 Å². The Labute approximate surface area is 149 Å². The van der Waals surface area contributed by atoms with E-state index < -0.39 is 45.6 Å². The molecule has 2 aromatic rings. The molecule has 1 amide bonds. The van der Waals surface area contributed by atoms with Crippen LogP contribution in [0.4, 0.5) is 18.9 Å². The topological polar surface area (TPSA) is 66.5 Å². The number of hydrogen-bond acceptors (Lipinski definition) is 3. The molecule has 0 saturated carbocycles. The van der Waals surface area contributed by atoms with Gasteiger partial charge in [-0.05, 0) is 30.2 Å². The molecule has 140 valence electrons. The molecule has 0 aromatic heterocycles. The molecule has 0 aliphatic heterocycles. The first kappa shape index (κ1) is 19.8. The number of carbonyl (C=O) groups is 1. The van der Waals surface area contributed by atoms with Crippen molar-refractivity contribution in [1.29, 1.82) is 0 Å². The lowest BCUT2D eigenvalue weighted by Gasteiger charge is -2.22. The van der Waals surface area contributed by atoms with Gasteiger partial charge in [-0.2, -0.15) is 0 Å². The van der Waals surface area contributed by atoms with Crippen molar-refractivity contribution in [2.75, 3.05) is 17.1 Å². The summed E-state index contributed by atoms with van der Waals surface area (Å²) in [5, 5.41) is 2.52. The van der Waals surface area contributed by atoms with Gasteiger partial charge in [-0.15, -0.1) is 0 Å². The average Bonchev–Trinajstić information content (AvgIpc) is 2.57. The number of halogens is 3. The van der Waals surface area contributed by atoms with Crippen LogP contribution in [0.15, 0.2) is 36.4 Å². The first-order chi connectivity index (χ1) is 12.1. The molecule has 0 fully saturated rings. The maximum atomic E-state index is 13.9. The highest BCUT2D eigenvalue weighted by Crippen LogP contribution is 2.25. The largest absolute Gasteiger partial charge is 0.350 e. The van der Waals surface area contributed by atoms with E-state index >= 15 is 0 Å². The summed E-state index contributed by atoms with van der Waals surface area (Å²) < 4.78 is 64.6. The highest BCUT2D eigenvalue weighted by Gasteiger charge is 2.26. The zero-order chi connectivity index (χ0) is 19.5. The first-order valence-electron chi connectivity index (χ1n) is 7.53. The lowest BCUT2D eigenvalue weighted by atomic mass is 10.1. The van der Waals surface area contributed by atoms with Crippen LogP contribution < -0.4 is 9.62 Å². The number of nitrogens with zero attached hydrogens (tertiary/aromatic N) is 1. The van der Waals surface area contributed by atoms with Crippen molar-refractivity contribution in [3.8, 4) is 0 Å². The van der Waals surface area contributed by atoms with Gasteiger partial charge in [0.05, 0.1) is 11.9 Å². The Kier molecular flexibility index (Phi) is 5.91. The number of rotatable bonds is 6. The average molecular weight is 386 g/mol. The fraction of sp³-hybridized carbons (Fsp3) is 0.235. The fourth-order valence-electron chi connectivity index (χ4n) is 2.28. The molecule has 0 atom stereocenters. The van der Waals surface area contributed by atoms with Gasteiger partial charge in [-0.1, -0.05) is 24.3 Å². The summed E-state index contributed by atoms with van der Waals surface area (Å²) in [7, 11) is -4.11. The van der Waals surface area contributed by atoms with Crippen LogP contribution in [0, 0.1) is 24.4 Å². The summed E-state index contributed by atoms with van der Waals surface area (Å²) in [6.07, 6.45) is 0.738. The number of carbonyl (C=O) groups excluding carboxylic acids is 1. The maximum absolute atomic E-state index is 13.9. The SMILES string of the molecule is Cc1ccccc1CNC(=O)CN(c1ccc(F)c(F)c1F)S(C)(=O)=O. The standard InChI is InChI=1S/C17H17F3N2O3S/c1-11-5-3-4-6-12(11)9-21-15(23)10-22(26(2,24)25)14-8-7-13(18)16(19)17(14)20/h3-8H,9-10H2,1-2H3,(H,21,23). The molecule has 2 rings (SSSR count). The fourth-order valence-corrected chi connectivity index (χ4v) is 3.13. The van der Waals surface area contributed by atoms with Crippen molar-refractivity contribution in [2.45, 2.75) is 13.5 Å². The van der Waals surface area contributed by atoms with Gasteiger partial charge in [0.15, 0.2) is 17.5 Å². The molecule has 0 spiro atoms. The van der Waals surface area contributed by atoms with Crippen molar-refractivity contribution < 1.29 is 26.4 Å². The lowest BCUT2D eigenvalue weighted by molar-refractivity contribution is -0.119. The van der Waals surface area contributed by atoms with Crippen LogP contribution in [-0.4, -0.2) is 27.1 Å². The summed E-state index contributed by atoms with van der Waals surface area (Å²) in [6.45, 7) is 1.22. The quantitative estimate of drug-likeness (QED) is 0.776. The second kappa shape index (κ2) is 7.77. The molecule has 0 unspecified atom stereocenters. The van der Waals surface area contributed by atoms with Crippen molar-refractivity contribution in [3.05, 3.63) is 65.0 Å². The van der Waals surface area contributed by atoms with E-state index in [1.54, 1.807) is 12.1 Å². The summed E-state index contributed by atoms with van der Waals surface area (Å²) in [6, 6.07) is 8.62. The number of amides is 1. The minimum absolute atomic E-state index is 0.142. The second-order valence-electron chi connectivity index (χ2n) is 5.67. The number of nitrogens with one attached hydrogen (secondary N) is 1. The van der Waals surface area contributed by atoms with Gasteiger partial charge in [-0.3, -0.25) is 9.10 Å². The smallest absolute Gasteiger partial charge is 0.241 e. The summed E-state index contributed by atoms with van der Waals surface area (Å²) >= 11 is 0. The Bertz CT molecular complexity index is 933. The van der Waals surface area contributed by atoms with Gasteiger partial charge >= 0.3 is 0 Å². The highest BCUT2D eigenvalue weighted by atomic mass is 32.2. The van der Waals surface area contributed by atoms with Crippen LogP contribution in [0.5, 0.6) is 0 Å². The third-order valence-corrected chi connectivity index (χ3v) is 4.83. The summed E-state index contributed by atoms with van der Waals surface area (Å²) in [5.74, 6) is -5.66. The number of hydrogen-bond donors (Lipinski definition) is 1. The minimum atomic E-state index is -4.11. The molecule has 1 N–H and O–H groups in total. The molecule has 5 nitrogen and oxygen atoms in total. The van der Waals surface area contributed by atoms with Crippen molar-refractivity contribution in [2.24, 2.45) is 0 Å². The van der Waals surface area contributed by atoms with Gasteiger partial charge in [0.25, 0.3) is 0 Å². The molecule has 26 heavy (non-hydrogen) atoms. The summed E-state index contributed by atoms with van der Waals surface area (Å²) in [4.78, 5) is 12.1. The molecular weight excluding hydrogens is 369 g/mol. The molecule has 0 heterocycles. The van der Waals surface area contributed by atoms with Gasteiger partial charge < -0.3 is 5.32 Å². The maximum Gasteiger partial charge on any atom is 0.241 e. The summed E-state index contributed by atoms with van der Waals surface area (Å²) in [5.41, 5.74) is 1.02. The number of anilines is 1. The van der Waals surface area contributed by atoms with E-state index in [4.69, 9.17) is 0 Å². The van der Waals surface area contributed by atoms with E-state index in [0.29, 0.717) is 10.4 Å². The van der Waals surface area contributed by atoms with Gasteiger partial charge in [0.1, 0.15) is 6.54 Å². The van der Waals surface area contributed by atoms with Crippen LogP contribution in [0.25, 0.3) is 0 Å². The molecule has 9 heteroatoms. The zero-order valence-corrected chi connectivity index (χ0v) is 14.9. The van der Waals surface area contributed by atoms with Crippen LogP contribution in [0.3, 0.4) is 0 Å². The van der Waals surface area contributed by atoms with Crippen LogP contribution >= 0.6 is 0 Å². The van der Waals surface area contributed by atoms with E-state index in [0.717, 1.165) is 23.4 Å². The Morgan fingerprint density at radius 2 is 1.73 bits per heavy atom. The van der Waals surface area contributed by atoms with E-state index in [-0.39, 0.29) is 6.54 Å². The molecule has 0 saturated heterocycles. The third-order valence-electron chi connectivity index (χ3n) is 3.71. The molecular formula is C17H17F3N2O3S. The first-order valence-corrected chi connectivity index (χ1v) is 9.38. The predicted molar refractivity (Wildman–Crippen MR) is 91.5 cm³/mol. The number of benzene rings is 2. The number of aryl methyl sites for hydroxylation is 1. The van der Waals surface area contributed by atoms with Crippen LogP contribution in [0.1, 0.15) is 11.1 Å². The van der Waals surface area contributed by atoms with Gasteiger partial charge in [0, 0.05) is 6.54 Å². The van der Waals surface area contributed by atoms with E-state index in [1.165, 1.54) is 0 Å². The van der Waals surface area contributed by atoms with Crippen molar-refractivity contribution in [1.82, 2.24) is 5.32 Å². The van der Waals surface area contributed by atoms with Crippen LogP contribution in [-0.2, 0) is 21.4 Å². The van der Waals surface area contributed by atoms with E-state index in [9.17, 15) is 26.4 Å². The molecule has 0 aliphatic carbocycles. The normalized spacial score (nSPS) is 11.3. The Morgan fingerprint density at radius 1 is 1.08 bits per heavy atom. The molecule has 0 aliphatic rings. The Hall–Kier alpha value is -2.55. The van der Waals surface area contributed by atoms with Gasteiger partial charge in [-0.25, -0.2) is 21.6 Å². The zero-order valence-electron chi connectivity index (χ0n) is 14.1. The Balaban J connectivity index is 2.20. The minimum Gasteiger partial charge on any atom is -0.350 e. The third kappa shape index (κ3) is 4.54. The lowest BCUT2D eigenvalue weighted by Crippen LogP contribution is -2.40. The molecule has 0 radical (unpaired) electrons. The van der Waals surface area contributed by atoms with E-state index in [2.05, 4.69) is 5.32 Å². The van der Waals surface area contributed by atoms with E-state index in [1.807, 2.05) is 19.1 Å². The monoisotopic (exact) mass is 386 g/mol. The molecule has 2 aromatic carbocycles. The number of sulfonamides is 1. The van der Waals surface area contributed by atoms with Crippen molar-refractivity contribution in [3.63, 3.8) is 0 Å². The predicted octanol–water partition coefficient (Wildman–Crippen LogP) is 2.49. The van der Waals surface area contributed by atoms with Crippen LogP contribution in [0.2, 0.25) is 0 Å². The van der Waals surface area contributed by atoms with Crippen molar-refractivity contribution >= 4 is 21.6 Å². The highest BCUT2D eigenvalue weighted by molar-refractivity contribution is 7.92. The Morgan fingerprint density at radius 3 is 2.35 bits per heavy atom. The second-order valence-corrected chi connectivity index (χ2v) is 7.57.